The Bertz CT molecular complexity index is 444. The molecule has 1 aliphatic carbocycles. The average Bonchev–Trinajstić information content (AvgIpc) is 2.78. The predicted octanol–water partition coefficient (Wildman–Crippen LogP) is 2.15. The van der Waals surface area contributed by atoms with Crippen LogP contribution in [0.4, 0.5) is 0 Å². The summed E-state index contributed by atoms with van der Waals surface area (Å²) in [6, 6.07) is 0.281. The molecule has 112 valence electrons. The molecule has 0 aromatic carbocycles. The molecule has 0 unspecified atom stereocenters. The molecule has 0 saturated heterocycles. The van der Waals surface area contributed by atoms with E-state index in [1.54, 1.807) is 11.3 Å². The molecule has 1 aromatic rings. The molecule has 1 saturated carbocycles. The van der Waals surface area contributed by atoms with Crippen LogP contribution in [-0.2, 0) is 4.79 Å². The molecule has 0 aliphatic heterocycles. The van der Waals surface area contributed by atoms with Crippen molar-refractivity contribution in [1.82, 2.24) is 20.4 Å². The molecule has 0 spiro atoms. The van der Waals surface area contributed by atoms with Gasteiger partial charge in [0.2, 0.25) is 5.91 Å². The van der Waals surface area contributed by atoms with Crippen molar-refractivity contribution in [3.8, 4) is 0 Å². The Hall–Kier alpha value is -1.01. The summed E-state index contributed by atoms with van der Waals surface area (Å²) in [6.07, 6.45) is 4.31. The van der Waals surface area contributed by atoms with E-state index in [9.17, 15) is 4.79 Å². The first kappa shape index (κ1) is 15.4. The number of carbonyl (C=O) groups excluding carboxylic acids is 1. The number of aromatic nitrogens is 2. The van der Waals surface area contributed by atoms with E-state index in [4.69, 9.17) is 0 Å². The van der Waals surface area contributed by atoms with Gasteiger partial charge in [0.05, 0.1) is 6.04 Å². The number of rotatable bonds is 7. The third-order valence-corrected chi connectivity index (χ3v) is 5.03. The maximum Gasteiger partial charge on any atom is 0.223 e. The van der Waals surface area contributed by atoms with Crippen LogP contribution in [0.2, 0.25) is 0 Å². The van der Waals surface area contributed by atoms with Gasteiger partial charge in [0.25, 0.3) is 0 Å². The largest absolute Gasteiger partial charge is 0.356 e. The standard InChI is InChI=1S/C14H24N4OS/c1-10(14-17-16-11(2)20-14)18(3)9-5-8-15-13(19)12-6-4-7-12/h10,12H,4-9H2,1-3H3,(H,15,19)/t10-/m0/s1. The molecule has 1 atom stereocenters. The van der Waals surface area contributed by atoms with Gasteiger partial charge < -0.3 is 5.32 Å². The van der Waals surface area contributed by atoms with Gasteiger partial charge in [-0.25, -0.2) is 0 Å². The number of nitrogens with zero attached hydrogens (tertiary/aromatic N) is 3. The van der Waals surface area contributed by atoms with Crippen molar-refractivity contribution in [2.45, 2.75) is 45.6 Å². The zero-order valence-corrected chi connectivity index (χ0v) is 13.4. The SMILES string of the molecule is Cc1nnc([C@H](C)N(C)CCCNC(=O)C2CCC2)s1. The van der Waals surface area contributed by atoms with Crippen molar-refractivity contribution in [3.05, 3.63) is 10.0 Å². The van der Waals surface area contributed by atoms with Crippen LogP contribution in [0, 0.1) is 12.8 Å². The fraction of sp³-hybridized carbons (Fsp3) is 0.786. The van der Waals surface area contributed by atoms with Gasteiger partial charge in [-0.1, -0.05) is 6.42 Å². The van der Waals surface area contributed by atoms with Crippen LogP contribution in [0.15, 0.2) is 0 Å². The van der Waals surface area contributed by atoms with E-state index < -0.39 is 0 Å². The first-order valence-corrected chi connectivity index (χ1v) is 8.17. The van der Waals surface area contributed by atoms with Gasteiger partial charge in [-0.3, -0.25) is 9.69 Å². The molecular weight excluding hydrogens is 272 g/mol. The minimum absolute atomic E-state index is 0.242. The topological polar surface area (TPSA) is 58.1 Å². The Morgan fingerprint density at radius 1 is 1.50 bits per heavy atom. The Labute approximate surface area is 124 Å². The molecule has 1 aliphatic rings. The summed E-state index contributed by atoms with van der Waals surface area (Å²) in [7, 11) is 2.09. The quantitative estimate of drug-likeness (QED) is 0.783. The molecule has 20 heavy (non-hydrogen) atoms. The van der Waals surface area contributed by atoms with E-state index in [1.165, 1.54) is 6.42 Å². The minimum atomic E-state index is 0.242. The lowest BCUT2D eigenvalue weighted by atomic mass is 9.85. The van der Waals surface area contributed by atoms with Gasteiger partial charge in [0.15, 0.2) is 0 Å². The monoisotopic (exact) mass is 296 g/mol. The Balaban J connectivity index is 1.64. The van der Waals surface area contributed by atoms with Crippen LogP contribution in [0.5, 0.6) is 0 Å². The van der Waals surface area contributed by atoms with Gasteiger partial charge in [-0.2, -0.15) is 0 Å². The highest BCUT2D eigenvalue weighted by molar-refractivity contribution is 7.11. The maximum atomic E-state index is 11.7. The van der Waals surface area contributed by atoms with Crippen molar-refractivity contribution < 1.29 is 4.79 Å². The molecule has 0 radical (unpaired) electrons. The number of carbonyl (C=O) groups is 1. The van der Waals surface area contributed by atoms with Gasteiger partial charge >= 0.3 is 0 Å². The van der Waals surface area contributed by atoms with Crippen LogP contribution in [0.25, 0.3) is 0 Å². The highest BCUT2D eigenvalue weighted by Gasteiger charge is 2.24. The van der Waals surface area contributed by atoms with Gasteiger partial charge in [0, 0.05) is 19.0 Å². The van der Waals surface area contributed by atoms with Crippen molar-refractivity contribution in [3.63, 3.8) is 0 Å². The van der Waals surface area contributed by atoms with E-state index in [-0.39, 0.29) is 17.9 Å². The van der Waals surface area contributed by atoms with E-state index in [1.807, 2.05) is 6.92 Å². The van der Waals surface area contributed by atoms with Gasteiger partial charge in [-0.05, 0) is 40.2 Å². The molecule has 6 heteroatoms. The molecule has 1 fully saturated rings. The Morgan fingerprint density at radius 3 is 2.80 bits per heavy atom. The lowest BCUT2D eigenvalue weighted by molar-refractivity contribution is -0.127. The smallest absolute Gasteiger partial charge is 0.223 e. The van der Waals surface area contributed by atoms with E-state index >= 15 is 0 Å². The summed E-state index contributed by atoms with van der Waals surface area (Å²) < 4.78 is 0. The molecular formula is C14H24N4OS. The summed E-state index contributed by atoms with van der Waals surface area (Å²) in [5.41, 5.74) is 0. The van der Waals surface area contributed by atoms with Crippen LogP contribution in [-0.4, -0.2) is 41.1 Å². The highest BCUT2D eigenvalue weighted by Crippen LogP contribution is 2.26. The van der Waals surface area contributed by atoms with Crippen molar-refractivity contribution in [1.29, 1.82) is 0 Å². The van der Waals surface area contributed by atoms with Crippen molar-refractivity contribution in [2.24, 2.45) is 5.92 Å². The second-order valence-electron chi connectivity index (χ2n) is 5.59. The Kier molecular flexibility index (Phi) is 5.48. The van der Waals surface area contributed by atoms with Crippen LogP contribution in [0.3, 0.4) is 0 Å². The molecule has 1 heterocycles. The van der Waals surface area contributed by atoms with Crippen molar-refractivity contribution >= 4 is 17.2 Å². The molecule has 1 N–H and O–H groups in total. The molecule has 0 bridgehead atoms. The molecule has 1 amide bonds. The van der Waals surface area contributed by atoms with E-state index in [2.05, 4.69) is 34.4 Å². The van der Waals surface area contributed by atoms with E-state index in [0.717, 1.165) is 42.4 Å². The number of amides is 1. The second-order valence-corrected chi connectivity index (χ2v) is 6.80. The van der Waals surface area contributed by atoms with Crippen molar-refractivity contribution in [2.75, 3.05) is 20.1 Å². The van der Waals surface area contributed by atoms with Crippen LogP contribution in [0.1, 0.15) is 48.7 Å². The zero-order chi connectivity index (χ0) is 14.5. The maximum absolute atomic E-state index is 11.7. The highest BCUT2D eigenvalue weighted by atomic mass is 32.1. The van der Waals surface area contributed by atoms with Gasteiger partial charge in [-0.15, -0.1) is 21.5 Å². The first-order valence-electron chi connectivity index (χ1n) is 7.36. The summed E-state index contributed by atoms with van der Waals surface area (Å²) in [4.78, 5) is 13.9. The van der Waals surface area contributed by atoms with Gasteiger partial charge in [0.1, 0.15) is 10.0 Å². The normalized spacial score (nSPS) is 17.0. The number of hydrogen-bond acceptors (Lipinski definition) is 5. The predicted molar refractivity (Wildman–Crippen MR) is 80.7 cm³/mol. The molecule has 2 rings (SSSR count). The summed E-state index contributed by atoms with van der Waals surface area (Å²) >= 11 is 1.65. The Morgan fingerprint density at radius 2 is 2.25 bits per heavy atom. The first-order chi connectivity index (χ1) is 9.58. The zero-order valence-electron chi connectivity index (χ0n) is 12.6. The second kappa shape index (κ2) is 7.13. The summed E-state index contributed by atoms with van der Waals surface area (Å²) in [5, 5.41) is 13.4. The average molecular weight is 296 g/mol. The van der Waals surface area contributed by atoms with Crippen LogP contribution < -0.4 is 5.32 Å². The third kappa shape index (κ3) is 3.99. The summed E-state index contributed by atoms with van der Waals surface area (Å²) in [6.45, 7) is 5.84. The van der Waals surface area contributed by atoms with Crippen LogP contribution >= 0.6 is 11.3 Å². The fourth-order valence-corrected chi connectivity index (χ4v) is 3.03. The molecule has 1 aromatic heterocycles. The number of nitrogens with one attached hydrogen (secondary N) is 1. The minimum Gasteiger partial charge on any atom is -0.356 e. The number of hydrogen-bond donors (Lipinski definition) is 1. The van der Waals surface area contributed by atoms with E-state index in [0.29, 0.717) is 0 Å². The summed E-state index contributed by atoms with van der Waals surface area (Å²) in [5.74, 6) is 0.530. The lowest BCUT2D eigenvalue weighted by Gasteiger charge is -2.25. The fourth-order valence-electron chi connectivity index (χ4n) is 2.22. The third-order valence-electron chi connectivity index (χ3n) is 4.02. The lowest BCUT2D eigenvalue weighted by Crippen LogP contribution is -2.36. The molecule has 5 nitrogen and oxygen atoms in total. The number of aryl methyl sites for hydroxylation is 1.